The monoisotopic (exact) mass is 328 g/mol. The van der Waals surface area contributed by atoms with Gasteiger partial charge in [-0.1, -0.05) is 12.1 Å². The summed E-state index contributed by atoms with van der Waals surface area (Å²) in [5.41, 5.74) is 0.0262. The summed E-state index contributed by atoms with van der Waals surface area (Å²) >= 11 is 0. The number of rotatable bonds is 4. The zero-order valence-electron chi connectivity index (χ0n) is 12.0. The highest BCUT2D eigenvalue weighted by atomic mass is 16.7. The lowest BCUT2D eigenvalue weighted by molar-refractivity contribution is -0.278. The summed E-state index contributed by atoms with van der Waals surface area (Å²) < 4.78 is 14.8. The van der Waals surface area contributed by atoms with E-state index in [1.165, 1.54) is 19.2 Å². The van der Waals surface area contributed by atoms with E-state index in [2.05, 4.69) is 0 Å². The number of para-hydroxylation sites is 1. The molecule has 0 aromatic heterocycles. The van der Waals surface area contributed by atoms with Crippen LogP contribution in [0.2, 0.25) is 0 Å². The van der Waals surface area contributed by atoms with Gasteiger partial charge in [0.2, 0.25) is 6.29 Å². The van der Waals surface area contributed by atoms with E-state index >= 15 is 0 Å². The van der Waals surface area contributed by atoms with Crippen molar-refractivity contribution in [3.8, 4) is 5.75 Å². The van der Waals surface area contributed by atoms with Gasteiger partial charge in [-0.25, -0.2) is 9.59 Å². The highest BCUT2D eigenvalue weighted by Crippen LogP contribution is 2.25. The average molecular weight is 328 g/mol. The molecule has 126 valence electrons. The maximum absolute atomic E-state index is 12.1. The number of carbonyl (C=O) groups excluding carboxylic acids is 1. The molecular formula is C14H16O9. The van der Waals surface area contributed by atoms with Gasteiger partial charge in [-0.3, -0.25) is 0 Å². The number of carboxylic acids is 1. The molecular weight excluding hydrogens is 312 g/mol. The van der Waals surface area contributed by atoms with Crippen LogP contribution >= 0.6 is 0 Å². The van der Waals surface area contributed by atoms with Gasteiger partial charge in [0, 0.05) is 0 Å². The summed E-state index contributed by atoms with van der Waals surface area (Å²) in [5, 5.41) is 37.9. The van der Waals surface area contributed by atoms with E-state index in [0.717, 1.165) is 0 Å². The third-order valence-electron chi connectivity index (χ3n) is 3.36. The fourth-order valence-corrected chi connectivity index (χ4v) is 2.13. The number of aliphatic carboxylic acids is 1. The van der Waals surface area contributed by atoms with Crippen LogP contribution in [0.3, 0.4) is 0 Å². The first-order valence-corrected chi connectivity index (χ1v) is 6.63. The van der Waals surface area contributed by atoms with Crippen LogP contribution in [-0.2, 0) is 14.3 Å². The lowest BCUT2D eigenvalue weighted by Crippen LogP contribution is -2.60. The van der Waals surface area contributed by atoms with Gasteiger partial charge in [0.05, 0.1) is 7.11 Å². The molecule has 5 unspecified atom stereocenters. The maximum Gasteiger partial charge on any atom is 0.344 e. The minimum atomic E-state index is -1.86. The van der Waals surface area contributed by atoms with E-state index in [9.17, 15) is 24.9 Å². The Balaban J connectivity index is 2.17. The number of hydrogen-bond donors (Lipinski definition) is 4. The second kappa shape index (κ2) is 6.92. The normalized spacial score (nSPS) is 30.5. The van der Waals surface area contributed by atoms with E-state index < -0.39 is 42.6 Å². The Morgan fingerprint density at radius 1 is 1.09 bits per heavy atom. The lowest BCUT2D eigenvalue weighted by atomic mass is 9.99. The third kappa shape index (κ3) is 3.42. The Labute approximate surface area is 130 Å². The molecule has 2 rings (SSSR count). The lowest BCUT2D eigenvalue weighted by Gasteiger charge is -2.37. The summed E-state index contributed by atoms with van der Waals surface area (Å²) in [6, 6.07) is 6.09. The molecule has 5 atom stereocenters. The van der Waals surface area contributed by atoms with Crippen molar-refractivity contribution in [2.45, 2.75) is 30.7 Å². The number of ether oxygens (including phenoxy) is 3. The molecule has 0 aliphatic carbocycles. The van der Waals surface area contributed by atoms with Crippen molar-refractivity contribution in [1.29, 1.82) is 0 Å². The smallest absolute Gasteiger partial charge is 0.344 e. The van der Waals surface area contributed by atoms with Gasteiger partial charge in [0.25, 0.3) is 0 Å². The number of hydrogen-bond acceptors (Lipinski definition) is 8. The molecule has 0 bridgehead atoms. The molecule has 0 amide bonds. The number of benzene rings is 1. The standard InChI is InChI=1S/C14H16O9/c1-21-7-5-3-2-4-6(7)13(20)23-14-10(17)8(15)9(16)11(22-14)12(18)19/h2-5,8-11,14-17H,1H3,(H,18,19). The first kappa shape index (κ1) is 17.2. The number of aliphatic hydroxyl groups is 3. The van der Waals surface area contributed by atoms with Crippen molar-refractivity contribution in [3.05, 3.63) is 29.8 Å². The Kier molecular flexibility index (Phi) is 5.16. The number of esters is 1. The molecule has 1 aliphatic heterocycles. The van der Waals surface area contributed by atoms with E-state index in [-0.39, 0.29) is 11.3 Å². The van der Waals surface area contributed by atoms with Gasteiger partial charge >= 0.3 is 11.9 Å². The molecule has 1 fully saturated rings. The van der Waals surface area contributed by atoms with Crippen LogP contribution in [0.1, 0.15) is 10.4 Å². The van der Waals surface area contributed by atoms with Gasteiger partial charge < -0.3 is 34.6 Å². The largest absolute Gasteiger partial charge is 0.496 e. The summed E-state index contributed by atoms with van der Waals surface area (Å²) in [6.45, 7) is 0. The molecule has 9 nitrogen and oxygen atoms in total. The Morgan fingerprint density at radius 3 is 2.35 bits per heavy atom. The van der Waals surface area contributed by atoms with Crippen molar-refractivity contribution in [1.82, 2.24) is 0 Å². The van der Waals surface area contributed by atoms with Crippen LogP contribution in [0.5, 0.6) is 5.75 Å². The molecule has 1 heterocycles. The van der Waals surface area contributed by atoms with E-state index in [0.29, 0.717) is 0 Å². The number of carboxylic acid groups (broad SMARTS) is 1. The van der Waals surface area contributed by atoms with E-state index in [1.54, 1.807) is 12.1 Å². The van der Waals surface area contributed by atoms with Crippen molar-refractivity contribution >= 4 is 11.9 Å². The molecule has 0 saturated carbocycles. The van der Waals surface area contributed by atoms with Crippen molar-refractivity contribution in [2.24, 2.45) is 0 Å². The van der Waals surface area contributed by atoms with Crippen LogP contribution in [0.15, 0.2) is 24.3 Å². The third-order valence-corrected chi connectivity index (χ3v) is 3.36. The van der Waals surface area contributed by atoms with Crippen LogP contribution in [0, 0.1) is 0 Å². The zero-order valence-corrected chi connectivity index (χ0v) is 12.0. The Morgan fingerprint density at radius 2 is 1.74 bits per heavy atom. The molecule has 23 heavy (non-hydrogen) atoms. The molecule has 1 saturated heterocycles. The SMILES string of the molecule is COc1ccccc1C(=O)OC1OC(C(=O)O)C(O)C(O)C1O. The summed E-state index contributed by atoms with van der Waals surface area (Å²) in [7, 11) is 1.35. The minimum Gasteiger partial charge on any atom is -0.496 e. The first-order chi connectivity index (χ1) is 10.9. The molecule has 4 N–H and O–H groups in total. The highest BCUT2D eigenvalue weighted by molar-refractivity contribution is 5.92. The average Bonchev–Trinajstić information content (AvgIpc) is 2.54. The first-order valence-electron chi connectivity index (χ1n) is 6.63. The fraction of sp³-hybridized carbons (Fsp3) is 0.429. The molecule has 9 heteroatoms. The topological polar surface area (TPSA) is 143 Å². The van der Waals surface area contributed by atoms with Gasteiger partial charge in [-0.05, 0) is 12.1 Å². The quantitative estimate of drug-likeness (QED) is 0.498. The van der Waals surface area contributed by atoms with Gasteiger partial charge in [-0.15, -0.1) is 0 Å². The number of methoxy groups -OCH3 is 1. The van der Waals surface area contributed by atoms with Crippen molar-refractivity contribution in [2.75, 3.05) is 7.11 Å². The van der Waals surface area contributed by atoms with Crippen LogP contribution in [0.25, 0.3) is 0 Å². The minimum absolute atomic E-state index is 0.0262. The van der Waals surface area contributed by atoms with Gasteiger partial charge in [-0.2, -0.15) is 0 Å². The van der Waals surface area contributed by atoms with Crippen molar-refractivity contribution in [3.63, 3.8) is 0 Å². The van der Waals surface area contributed by atoms with Crippen molar-refractivity contribution < 1.29 is 44.2 Å². The molecule has 1 aromatic carbocycles. The van der Waals surface area contributed by atoms with E-state index in [4.69, 9.17) is 19.3 Å². The highest BCUT2D eigenvalue weighted by Gasteiger charge is 2.48. The van der Waals surface area contributed by atoms with Gasteiger partial charge in [0.1, 0.15) is 29.6 Å². The molecule has 0 spiro atoms. The van der Waals surface area contributed by atoms with Gasteiger partial charge in [0.15, 0.2) is 6.10 Å². The fourth-order valence-electron chi connectivity index (χ4n) is 2.13. The summed E-state index contributed by atoms with van der Waals surface area (Å²) in [4.78, 5) is 23.1. The summed E-state index contributed by atoms with van der Waals surface area (Å²) in [6.07, 6.45) is -9.11. The number of carbonyl (C=O) groups is 2. The van der Waals surface area contributed by atoms with Crippen LogP contribution < -0.4 is 4.74 Å². The van der Waals surface area contributed by atoms with Crippen LogP contribution in [0.4, 0.5) is 0 Å². The Hall–Kier alpha value is -2.20. The maximum atomic E-state index is 12.1. The molecule has 1 aromatic rings. The number of aliphatic hydroxyl groups excluding tert-OH is 3. The molecule has 1 aliphatic rings. The predicted molar refractivity (Wildman–Crippen MR) is 72.7 cm³/mol. The second-order valence-corrected chi connectivity index (χ2v) is 4.84. The molecule has 0 radical (unpaired) electrons. The van der Waals surface area contributed by atoms with E-state index in [1.807, 2.05) is 0 Å². The zero-order chi connectivity index (χ0) is 17.1. The second-order valence-electron chi connectivity index (χ2n) is 4.84. The van der Waals surface area contributed by atoms with Crippen LogP contribution in [-0.4, -0.2) is 70.2 Å². The Bertz CT molecular complexity index is 587. The summed E-state index contributed by atoms with van der Waals surface area (Å²) in [5.74, 6) is -2.31. The predicted octanol–water partition coefficient (Wildman–Crippen LogP) is -1.26.